The Balaban J connectivity index is 0.000000450. The van der Waals surface area contributed by atoms with Crippen LogP contribution in [0.2, 0.25) is 0 Å². The first-order valence-corrected chi connectivity index (χ1v) is 9.08. The van der Waals surface area contributed by atoms with Crippen LogP contribution in [0.3, 0.4) is 0 Å². The quantitative estimate of drug-likeness (QED) is 0.651. The summed E-state index contributed by atoms with van der Waals surface area (Å²) < 4.78 is 1.21. The van der Waals surface area contributed by atoms with Gasteiger partial charge in [0, 0.05) is 4.47 Å². The average molecular weight is 408 g/mol. The van der Waals surface area contributed by atoms with E-state index in [-0.39, 0.29) is 0 Å². The zero-order chi connectivity index (χ0) is 18.7. The number of aliphatic hydroxyl groups is 1. The molecule has 0 aliphatic heterocycles. The summed E-state index contributed by atoms with van der Waals surface area (Å²) in [4.78, 5) is 9.45. The van der Waals surface area contributed by atoms with Gasteiger partial charge < -0.3 is 15.5 Å². The molecule has 0 heterocycles. The largest absolute Gasteiger partial charge is 0.479 e. The highest BCUT2D eigenvalue weighted by molar-refractivity contribution is 9.10. The van der Waals surface area contributed by atoms with Gasteiger partial charge in [-0.1, -0.05) is 64.5 Å². The van der Waals surface area contributed by atoms with Gasteiger partial charge in [-0.2, -0.15) is 0 Å². The first-order chi connectivity index (χ1) is 12.0. The Hall–Kier alpha value is -1.69. The monoisotopic (exact) mass is 407 g/mol. The van der Waals surface area contributed by atoms with Crippen molar-refractivity contribution >= 4 is 21.9 Å². The number of rotatable bonds is 7. The summed E-state index contributed by atoms with van der Waals surface area (Å²) in [5.41, 5.74) is 2.81. The van der Waals surface area contributed by atoms with Crippen LogP contribution in [0.15, 0.2) is 59.1 Å². The van der Waals surface area contributed by atoms with E-state index >= 15 is 0 Å². The van der Waals surface area contributed by atoms with Gasteiger partial charge in [0.2, 0.25) is 0 Å². The maximum Gasteiger partial charge on any atom is 0.332 e. The summed E-state index contributed by atoms with van der Waals surface area (Å²) in [7, 11) is 2.01. The summed E-state index contributed by atoms with van der Waals surface area (Å²) in [6, 6.07) is 19.3. The van der Waals surface area contributed by atoms with Crippen LogP contribution in [0.5, 0.6) is 0 Å². The van der Waals surface area contributed by atoms with Gasteiger partial charge in [0.25, 0.3) is 0 Å². The van der Waals surface area contributed by atoms with Gasteiger partial charge in [0.15, 0.2) is 0 Å². The molecule has 3 N–H and O–H groups in total. The fourth-order valence-electron chi connectivity index (χ4n) is 2.36. The summed E-state index contributed by atoms with van der Waals surface area (Å²) in [6.07, 6.45) is 1.000. The molecular formula is C20H26BrNO3. The molecule has 0 aliphatic carbocycles. The number of benzene rings is 2. The molecule has 0 saturated carbocycles. The van der Waals surface area contributed by atoms with Crippen molar-refractivity contribution in [3.63, 3.8) is 0 Å². The van der Waals surface area contributed by atoms with Gasteiger partial charge in [-0.25, -0.2) is 4.79 Å². The van der Waals surface area contributed by atoms with Crippen LogP contribution in [0.25, 0.3) is 0 Å². The summed E-state index contributed by atoms with van der Waals surface area (Å²) in [5.74, 6) is -0.623. The predicted molar refractivity (Wildman–Crippen MR) is 105 cm³/mol. The standard InChI is InChI=1S/C17H20BrN.C3H6O3/c1-19-12-11-15(14-7-3-2-4-8-14)13-16-9-5-6-10-17(16)18;1-2(4)3(5)6/h2-10,15,19H,11-13H2,1H3;2,4H,1H3,(H,5,6). The van der Waals surface area contributed by atoms with Crippen LogP contribution in [-0.2, 0) is 11.2 Å². The smallest absolute Gasteiger partial charge is 0.332 e. The minimum Gasteiger partial charge on any atom is -0.479 e. The number of aliphatic hydroxyl groups excluding tert-OH is 1. The van der Waals surface area contributed by atoms with E-state index in [9.17, 15) is 4.79 Å². The lowest BCUT2D eigenvalue weighted by Crippen LogP contribution is -2.14. The summed E-state index contributed by atoms with van der Waals surface area (Å²) >= 11 is 3.65. The molecule has 2 unspecified atom stereocenters. The number of carboxylic acids is 1. The molecule has 0 spiro atoms. The van der Waals surface area contributed by atoms with Gasteiger partial charge in [0.05, 0.1) is 0 Å². The molecule has 0 fully saturated rings. The topological polar surface area (TPSA) is 69.6 Å². The normalized spacial score (nSPS) is 12.6. The molecule has 4 nitrogen and oxygen atoms in total. The van der Waals surface area contributed by atoms with Gasteiger partial charge in [-0.05, 0) is 56.5 Å². The van der Waals surface area contributed by atoms with E-state index in [0.717, 1.165) is 19.4 Å². The van der Waals surface area contributed by atoms with Gasteiger partial charge in [0.1, 0.15) is 6.10 Å². The first kappa shape index (κ1) is 21.4. The van der Waals surface area contributed by atoms with Gasteiger partial charge in [-0.3, -0.25) is 0 Å². The maximum atomic E-state index is 9.45. The predicted octanol–water partition coefficient (Wildman–Crippen LogP) is 3.84. The summed E-state index contributed by atoms with van der Waals surface area (Å²) in [5, 5.41) is 19.0. The van der Waals surface area contributed by atoms with Crippen molar-refractivity contribution in [2.75, 3.05) is 13.6 Å². The lowest BCUT2D eigenvalue weighted by molar-refractivity contribution is -0.145. The molecule has 136 valence electrons. The van der Waals surface area contributed by atoms with Gasteiger partial charge in [-0.15, -0.1) is 0 Å². The second-order valence-corrected chi connectivity index (χ2v) is 6.66. The third kappa shape index (κ3) is 8.29. The highest BCUT2D eigenvalue weighted by Gasteiger charge is 2.13. The molecule has 2 aromatic carbocycles. The molecule has 0 saturated heterocycles. The molecule has 0 aliphatic rings. The second kappa shape index (κ2) is 11.8. The van der Waals surface area contributed by atoms with Crippen molar-refractivity contribution in [1.29, 1.82) is 0 Å². The Bertz CT molecular complexity index is 632. The molecule has 0 radical (unpaired) electrons. The van der Waals surface area contributed by atoms with E-state index in [4.69, 9.17) is 10.2 Å². The first-order valence-electron chi connectivity index (χ1n) is 8.29. The van der Waals surface area contributed by atoms with Crippen molar-refractivity contribution in [3.8, 4) is 0 Å². The molecule has 25 heavy (non-hydrogen) atoms. The zero-order valence-corrected chi connectivity index (χ0v) is 16.2. The van der Waals surface area contributed by atoms with Crippen molar-refractivity contribution in [1.82, 2.24) is 5.32 Å². The molecule has 0 bridgehead atoms. The number of hydrogen-bond acceptors (Lipinski definition) is 3. The van der Waals surface area contributed by atoms with E-state index in [1.54, 1.807) is 0 Å². The maximum absolute atomic E-state index is 9.45. The molecule has 2 atom stereocenters. The van der Waals surface area contributed by atoms with Crippen molar-refractivity contribution in [3.05, 3.63) is 70.2 Å². The molecule has 2 rings (SSSR count). The molecule has 2 aromatic rings. The highest BCUT2D eigenvalue weighted by Crippen LogP contribution is 2.27. The third-order valence-corrected chi connectivity index (χ3v) is 4.57. The van der Waals surface area contributed by atoms with Crippen LogP contribution in [0.1, 0.15) is 30.4 Å². The van der Waals surface area contributed by atoms with E-state index < -0.39 is 12.1 Å². The lowest BCUT2D eigenvalue weighted by Gasteiger charge is -2.18. The van der Waals surface area contributed by atoms with Crippen LogP contribution < -0.4 is 5.32 Å². The second-order valence-electron chi connectivity index (χ2n) is 5.81. The average Bonchev–Trinajstić information content (AvgIpc) is 2.61. The van der Waals surface area contributed by atoms with Crippen LogP contribution in [-0.4, -0.2) is 35.9 Å². The van der Waals surface area contributed by atoms with Crippen LogP contribution in [0, 0.1) is 0 Å². The Labute approximate surface area is 158 Å². The number of carboxylic acid groups (broad SMARTS) is 1. The molecule has 0 amide bonds. The Kier molecular flexibility index (Phi) is 10.1. The highest BCUT2D eigenvalue weighted by atomic mass is 79.9. The number of carbonyl (C=O) groups is 1. The number of aliphatic carboxylic acids is 1. The van der Waals surface area contributed by atoms with Crippen molar-refractivity contribution < 1.29 is 15.0 Å². The number of hydrogen-bond donors (Lipinski definition) is 3. The van der Waals surface area contributed by atoms with Crippen LogP contribution in [0.4, 0.5) is 0 Å². The Morgan fingerprint density at radius 3 is 2.20 bits per heavy atom. The van der Waals surface area contributed by atoms with Gasteiger partial charge >= 0.3 is 5.97 Å². The minimum atomic E-state index is -1.23. The van der Waals surface area contributed by atoms with Crippen molar-refractivity contribution in [2.45, 2.75) is 31.8 Å². The van der Waals surface area contributed by atoms with Crippen LogP contribution >= 0.6 is 15.9 Å². The zero-order valence-electron chi connectivity index (χ0n) is 14.7. The van der Waals surface area contributed by atoms with E-state index in [2.05, 4.69) is 75.8 Å². The number of nitrogens with one attached hydrogen (secondary N) is 1. The molecule has 5 heteroatoms. The lowest BCUT2D eigenvalue weighted by atomic mass is 9.89. The van der Waals surface area contributed by atoms with E-state index in [1.165, 1.54) is 22.5 Å². The minimum absolute atomic E-state index is 0.562. The van der Waals surface area contributed by atoms with Crippen molar-refractivity contribution in [2.24, 2.45) is 0 Å². The summed E-state index contributed by atoms with van der Waals surface area (Å²) in [6.45, 7) is 2.24. The number of halogens is 1. The third-order valence-electron chi connectivity index (χ3n) is 3.80. The molecule has 0 aromatic heterocycles. The van der Waals surface area contributed by atoms with E-state index in [1.807, 2.05) is 7.05 Å². The Morgan fingerprint density at radius 2 is 1.68 bits per heavy atom. The Morgan fingerprint density at radius 1 is 1.12 bits per heavy atom. The fraction of sp³-hybridized carbons (Fsp3) is 0.350. The van der Waals surface area contributed by atoms with E-state index in [0.29, 0.717) is 5.92 Å². The fourth-order valence-corrected chi connectivity index (χ4v) is 2.81. The SMILES string of the molecule is CC(O)C(=O)O.CNCCC(Cc1ccccc1Br)c1ccccc1. The molecular weight excluding hydrogens is 382 g/mol.